The molecule has 0 saturated heterocycles. The molecular formula is C18H33NaO3. The van der Waals surface area contributed by atoms with E-state index >= 15 is 0 Å². The van der Waals surface area contributed by atoms with Crippen molar-refractivity contribution in [2.24, 2.45) is 0 Å². The summed E-state index contributed by atoms with van der Waals surface area (Å²) in [4.78, 5) is 10.2. The minimum absolute atomic E-state index is 0. The first kappa shape index (κ1) is 26.8. The maximum Gasteiger partial charge on any atom is 1.00 e. The van der Waals surface area contributed by atoms with Gasteiger partial charge in [0.25, 0.3) is 0 Å². The first-order valence-electron chi connectivity index (χ1n) is 8.27. The summed E-state index contributed by atoms with van der Waals surface area (Å²) >= 11 is 0. The SMILES string of the molecule is CCCCC/C=C\C/C=C\CCCCCCCC(=O)[O-].O.[Na+]. The molecule has 0 fully saturated rings. The molecule has 0 heterocycles. The number of hydrogen-bond donors (Lipinski definition) is 0. The Morgan fingerprint density at radius 1 is 0.818 bits per heavy atom. The number of aliphatic carboxylic acids is 1. The van der Waals surface area contributed by atoms with Gasteiger partial charge in [-0.2, -0.15) is 0 Å². The zero-order valence-corrected chi connectivity index (χ0v) is 16.6. The molecule has 0 bridgehead atoms. The summed E-state index contributed by atoms with van der Waals surface area (Å²) < 4.78 is 0. The van der Waals surface area contributed by atoms with Crippen LogP contribution in [-0.2, 0) is 4.79 Å². The average Bonchev–Trinajstić information content (AvgIpc) is 2.43. The Balaban J connectivity index is -0.00000180. The third-order valence-corrected chi connectivity index (χ3v) is 3.33. The van der Waals surface area contributed by atoms with Crippen molar-refractivity contribution in [3.63, 3.8) is 0 Å². The molecule has 0 aromatic heterocycles. The number of rotatable bonds is 14. The van der Waals surface area contributed by atoms with Gasteiger partial charge in [-0.1, -0.05) is 63.3 Å². The Hall–Kier alpha value is -0.0900. The van der Waals surface area contributed by atoms with Crippen LogP contribution in [0.2, 0.25) is 0 Å². The summed E-state index contributed by atoms with van der Waals surface area (Å²) in [5, 5.41) is 10.2. The van der Waals surface area contributed by atoms with Crippen LogP contribution in [0.1, 0.15) is 84.0 Å². The van der Waals surface area contributed by atoms with Crippen LogP contribution in [0.4, 0.5) is 0 Å². The van der Waals surface area contributed by atoms with Gasteiger partial charge in [0, 0.05) is 5.97 Å². The molecular weight excluding hydrogens is 287 g/mol. The fraction of sp³-hybridized carbons (Fsp3) is 0.722. The van der Waals surface area contributed by atoms with E-state index in [1.807, 2.05) is 0 Å². The Kier molecular flexibility index (Phi) is 28.2. The maximum absolute atomic E-state index is 10.2. The molecule has 0 aromatic carbocycles. The van der Waals surface area contributed by atoms with Crippen molar-refractivity contribution in [2.75, 3.05) is 0 Å². The fourth-order valence-electron chi connectivity index (χ4n) is 2.08. The Morgan fingerprint density at radius 3 is 1.86 bits per heavy atom. The topological polar surface area (TPSA) is 71.6 Å². The normalized spacial score (nSPS) is 10.6. The Morgan fingerprint density at radius 2 is 1.32 bits per heavy atom. The van der Waals surface area contributed by atoms with Crippen LogP contribution in [0.15, 0.2) is 24.3 Å². The van der Waals surface area contributed by atoms with Gasteiger partial charge in [0.15, 0.2) is 0 Å². The van der Waals surface area contributed by atoms with Crippen LogP contribution >= 0.6 is 0 Å². The van der Waals surface area contributed by atoms with Crippen LogP contribution in [0.25, 0.3) is 0 Å². The summed E-state index contributed by atoms with van der Waals surface area (Å²) in [6.07, 6.45) is 21.9. The Bertz CT molecular complexity index is 276. The molecule has 0 amide bonds. The van der Waals surface area contributed by atoms with E-state index in [9.17, 15) is 9.90 Å². The quantitative estimate of drug-likeness (QED) is 0.269. The van der Waals surface area contributed by atoms with Crippen molar-refractivity contribution in [2.45, 2.75) is 84.0 Å². The second kappa shape index (κ2) is 23.2. The van der Waals surface area contributed by atoms with Gasteiger partial charge in [-0.15, -0.1) is 0 Å². The van der Waals surface area contributed by atoms with E-state index < -0.39 is 5.97 Å². The standard InChI is InChI=1S/C18H32O2.Na.H2O/c1-2-3-4-5-6-7-8-9-10-11-12-13-14-15-16-17-18(19)20;;/h6-7,9-10H,2-5,8,11-17H2,1H3,(H,19,20);;1H2/q;+1;/p-1/b7-6-,10-9-;;. The van der Waals surface area contributed by atoms with Gasteiger partial charge in [-0.05, 0) is 44.9 Å². The smallest absolute Gasteiger partial charge is 0.550 e. The molecule has 124 valence electrons. The molecule has 3 nitrogen and oxygen atoms in total. The van der Waals surface area contributed by atoms with Gasteiger partial charge < -0.3 is 15.4 Å². The number of allylic oxidation sites excluding steroid dienone is 4. The van der Waals surface area contributed by atoms with Gasteiger partial charge in [-0.25, -0.2) is 0 Å². The van der Waals surface area contributed by atoms with Gasteiger partial charge >= 0.3 is 29.6 Å². The van der Waals surface area contributed by atoms with E-state index in [1.54, 1.807) is 0 Å². The predicted molar refractivity (Wildman–Crippen MR) is 88.0 cm³/mol. The molecule has 0 aliphatic carbocycles. The van der Waals surface area contributed by atoms with Crippen LogP contribution in [0.5, 0.6) is 0 Å². The largest absolute Gasteiger partial charge is 1.00 e. The van der Waals surface area contributed by atoms with E-state index in [1.165, 1.54) is 38.5 Å². The van der Waals surface area contributed by atoms with Crippen molar-refractivity contribution in [1.29, 1.82) is 0 Å². The second-order valence-electron chi connectivity index (χ2n) is 5.35. The zero-order chi connectivity index (χ0) is 14.9. The predicted octanol–water partition coefficient (Wildman–Crippen LogP) is 0.729. The average molecular weight is 320 g/mol. The van der Waals surface area contributed by atoms with Crippen LogP contribution in [0.3, 0.4) is 0 Å². The van der Waals surface area contributed by atoms with Crippen LogP contribution in [-0.4, -0.2) is 11.4 Å². The van der Waals surface area contributed by atoms with E-state index in [0.29, 0.717) is 0 Å². The first-order valence-corrected chi connectivity index (χ1v) is 8.27. The number of unbranched alkanes of at least 4 members (excludes halogenated alkanes) is 8. The molecule has 22 heavy (non-hydrogen) atoms. The molecule has 4 heteroatoms. The molecule has 0 saturated carbocycles. The van der Waals surface area contributed by atoms with Crippen molar-refractivity contribution in [1.82, 2.24) is 0 Å². The molecule has 0 rings (SSSR count). The number of hydrogen-bond acceptors (Lipinski definition) is 2. The molecule has 0 aromatic rings. The molecule has 2 N–H and O–H groups in total. The third-order valence-electron chi connectivity index (χ3n) is 3.33. The second-order valence-corrected chi connectivity index (χ2v) is 5.35. The Labute approximate surface area is 158 Å². The molecule has 0 aliphatic heterocycles. The number of carbonyl (C=O) groups is 1. The molecule has 0 atom stereocenters. The van der Waals surface area contributed by atoms with Crippen LogP contribution < -0.4 is 34.7 Å². The summed E-state index contributed by atoms with van der Waals surface area (Å²) in [5.74, 6) is -0.921. The third kappa shape index (κ3) is 24.9. The number of carbonyl (C=O) groups excluding carboxylic acids is 1. The monoisotopic (exact) mass is 320 g/mol. The summed E-state index contributed by atoms with van der Waals surface area (Å²) in [7, 11) is 0. The maximum atomic E-state index is 10.2. The van der Waals surface area contributed by atoms with Crippen molar-refractivity contribution < 1.29 is 44.9 Å². The van der Waals surface area contributed by atoms with E-state index in [0.717, 1.165) is 32.1 Å². The van der Waals surface area contributed by atoms with E-state index in [-0.39, 0.29) is 41.5 Å². The van der Waals surface area contributed by atoms with Gasteiger partial charge in [0.05, 0.1) is 0 Å². The first-order chi connectivity index (χ1) is 9.77. The zero-order valence-electron chi connectivity index (χ0n) is 14.6. The van der Waals surface area contributed by atoms with Crippen molar-refractivity contribution in [3.8, 4) is 0 Å². The van der Waals surface area contributed by atoms with Gasteiger partial charge in [-0.3, -0.25) is 0 Å². The molecule has 0 unspecified atom stereocenters. The van der Waals surface area contributed by atoms with Crippen molar-refractivity contribution in [3.05, 3.63) is 24.3 Å². The minimum atomic E-state index is -0.921. The minimum Gasteiger partial charge on any atom is -0.550 e. The van der Waals surface area contributed by atoms with Gasteiger partial charge in [0.1, 0.15) is 0 Å². The molecule has 0 spiro atoms. The van der Waals surface area contributed by atoms with E-state index in [2.05, 4.69) is 31.2 Å². The number of carboxylic acids is 1. The summed E-state index contributed by atoms with van der Waals surface area (Å²) in [5.41, 5.74) is 0. The summed E-state index contributed by atoms with van der Waals surface area (Å²) in [6, 6.07) is 0. The van der Waals surface area contributed by atoms with E-state index in [4.69, 9.17) is 0 Å². The fourth-order valence-corrected chi connectivity index (χ4v) is 2.08. The summed E-state index contributed by atoms with van der Waals surface area (Å²) in [6.45, 7) is 2.23. The molecule has 0 aliphatic rings. The molecule has 0 radical (unpaired) electrons. The van der Waals surface area contributed by atoms with Gasteiger partial charge in [0.2, 0.25) is 0 Å². The number of carboxylic acid groups (broad SMARTS) is 1. The van der Waals surface area contributed by atoms with Crippen molar-refractivity contribution >= 4 is 5.97 Å². The van der Waals surface area contributed by atoms with Crippen LogP contribution in [0, 0.1) is 0 Å².